The van der Waals surface area contributed by atoms with Gasteiger partial charge in [-0.3, -0.25) is 0 Å². The van der Waals surface area contributed by atoms with E-state index in [1.165, 1.54) is 0 Å². The lowest BCUT2D eigenvalue weighted by molar-refractivity contribution is 0.162. The van der Waals surface area contributed by atoms with Crippen molar-refractivity contribution in [1.29, 1.82) is 0 Å². The molecule has 1 atom stereocenters. The minimum absolute atomic E-state index is 0.292. The van der Waals surface area contributed by atoms with E-state index in [2.05, 4.69) is 6.92 Å². The second-order valence-electron chi connectivity index (χ2n) is 2.82. The van der Waals surface area contributed by atoms with Gasteiger partial charge in [0.2, 0.25) is 0 Å². The molecule has 0 amide bonds. The summed E-state index contributed by atoms with van der Waals surface area (Å²) in [5, 5.41) is 0. The fourth-order valence-corrected chi connectivity index (χ4v) is 0.870. The Labute approximate surface area is 50.0 Å². The van der Waals surface area contributed by atoms with Gasteiger partial charge in [0.15, 0.2) is 0 Å². The molecule has 1 rings (SSSR count). The number of rotatable bonds is 1. The Morgan fingerprint density at radius 2 is 2.50 bits per heavy atom. The van der Waals surface area contributed by atoms with E-state index in [-0.39, 0.29) is 0 Å². The van der Waals surface area contributed by atoms with E-state index < -0.39 is 0 Å². The standard InChI is InChI=1S/C6H13NO/c1-6(4-7)2-3-8-5-6/h2-5,7H2,1H3/t6-/m1/s1. The van der Waals surface area contributed by atoms with E-state index >= 15 is 0 Å². The highest BCUT2D eigenvalue weighted by Gasteiger charge is 2.27. The lowest BCUT2D eigenvalue weighted by Gasteiger charge is -2.17. The fourth-order valence-electron chi connectivity index (χ4n) is 0.870. The molecule has 48 valence electrons. The van der Waals surface area contributed by atoms with Crippen molar-refractivity contribution >= 4 is 0 Å². The zero-order valence-corrected chi connectivity index (χ0v) is 5.31. The number of hydrogen-bond acceptors (Lipinski definition) is 2. The van der Waals surface area contributed by atoms with Crippen LogP contribution in [-0.4, -0.2) is 19.8 Å². The summed E-state index contributed by atoms with van der Waals surface area (Å²) in [5.74, 6) is 0. The Morgan fingerprint density at radius 3 is 2.75 bits per heavy atom. The minimum atomic E-state index is 0.292. The molecule has 0 bridgehead atoms. The lowest BCUT2D eigenvalue weighted by Crippen LogP contribution is -2.26. The average molecular weight is 115 g/mol. The van der Waals surface area contributed by atoms with Gasteiger partial charge < -0.3 is 10.5 Å². The Bertz CT molecular complexity index is 76.6. The monoisotopic (exact) mass is 115 g/mol. The van der Waals surface area contributed by atoms with Gasteiger partial charge in [0.05, 0.1) is 6.61 Å². The van der Waals surface area contributed by atoms with Gasteiger partial charge in [0, 0.05) is 12.0 Å². The fraction of sp³-hybridized carbons (Fsp3) is 1.00. The molecule has 2 nitrogen and oxygen atoms in total. The summed E-state index contributed by atoms with van der Waals surface area (Å²) in [6, 6.07) is 0. The van der Waals surface area contributed by atoms with E-state index in [4.69, 9.17) is 10.5 Å². The second-order valence-corrected chi connectivity index (χ2v) is 2.82. The van der Waals surface area contributed by atoms with Crippen LogP contribution in [0.15, 0.2) is 0 Å². The van der Waals surface area contributed by atoms with Crippen molar-refractivity contribution < 1.29 is 4.74 Å². The van der Waals surface area contributed by atoms with Crippen molar-refractivity contribution in [2.24, 2.45) is 11.1 Å². The summed E-state index contributed by atoms with van der Waals surface area (Å²) in [4.78, 5) is 0. The highest BCUT2D eigenvalue weighted by molar-refractivity contribution is 4.78. The molecule has 2 heteroatoms. The maximum absolute atomic E-state index is 5.49. The van der Waals surface area contributed by atoms with Crippen LogP contribution in [0, 0.1) is 5.41 Å². The van der Waals surface area contributed by atoms with Crippen molar-refractivity contribution in [2.45, 2.75) is 13.3 Å². The third-order valence-corrected chi connectivity index (χ3v) is 1.79. The lowest BCUT2D eigenvalue weighted by atomic mass is 9.91. The zero-order chi connectivity index (χ0) is 6.04. The van der Waals surface area contributed by atoms with E-state index in [0.717, 1.165) is 26.2 Å². The SMILES string of the molecule is C[C@]1(CN)CCOC1. The molecule has 1 aliphatic heterocycles. The van der Waals surface area contributed by atoms with Crippen LogP contribution in [0.4, 0.5) is 0 Å². The summed E-state index contributed by atoms with van der Waals surface area (Å²) < 4.78 is 5.17. The Balaban J connectivity index is 2.40. The summed E-state index contributed by atoms with van der Waals surface area (Å²) in [5.41, 5.74) is 5.78. The normalized spacial score (nSPS) is 38.2. The first-order chi connectivity index (χ1) is 3.77. The van der Waals surface area contributed by atoms with Gasteiger partial charge in [0.25, 0.3) is 0 Å². The summed E-state index contributed by atoms with van der Waals surface area (Å²) >= 11 is 0. The Kier molecular flexibility index (Phi) is 1.54. The molecule has 1 saturated heterocycles. The Morgan fingerprint density at radius 1 is 1.75 bits per heavy atom. The first kappa shape index (κ1) is 6.05. The van der Waals surface area contributed by atoms with Crippen LogP contribution in [0.3, 0.4) is 0 Å². The average Bonchev–Trinajstić information content (AvgIpc) is 2.17. The number of nitrogens with two attached hydrogens (primary N) is 1. The van der Waals surface area contributed by atoms with Crippen LogP contribution in [0.25, 0.3) is 0 Å². The third-order valence-electron chi connectivity index (χ3n) is 1.79. The van der Waals surface area contributed by atoms with Crippen molar-refractivity contribution in [3.63, 3.8) is 0 Å². The molecule has 0 aromatic heterocycles. The predicted molar refractivity (Wildman–Crippen MR) is 32.6 cm³/mol. The first-order valence-electron chi connectivity index (χ1n) is 3.05. The highest BCUT2D eigenvalue weighted by Crippen LogP contribution is 2.25. The van der Waals surface area contributed by atoms with Gasteiger partial charge in [-0.25, -0.2) is 0 Å². The third kappa shape index (κ3) is 1.01. The molecule has 0 aliphatic carbocycles. The number of ether oxygens (including phenoxy) is 1. The molecular formula is C6H13NO. The van der Waals surface area contributed by atoms with Crippen LogP contribution in [-0.2, 0) is 4.74 Å². The summed E-state index contributed by atoms with van der Waals surface area (Å²) in [6.45, 7) is 4.67. The zero-order valence-electron chi connectivity index (χ0n) is 5.31. The van der Waals surface area contributed by atoms with E-state index in [1.54, 1.807) is 0 Å². The molecule has 0 aromatic carbocycles. The molecule has 1 heterocycles. The van der Waals surface area contributed by atoms with Crippen molar-refractivity contribution in [3.8, 4) is 0 Å². The quantitative estimate of drug-likeness (QED) is 0.536. The topological polar surface area (TPSA) is 35.2 Å². The molecule has 1 aliphatic rings. The van der Waals surface area contributed by atoms with Crippen molar-refractivity contribution in [3.05, 3.63) is 0 Å². The molecule has 8 heavy (non-hydrogen) atoms. The number of hydrogen-bond donors (Lipinski definition) is 1. The van der Waals surface area contributed by atoms with E-state index in [1.807, 2.05) is 0 Å². The Hall–Kier alpha value is -0.0800. The molecule has 0 unspecified atom stereocenters. The molecule has 0 spiro atoms. The summed E-state index contributed by atoms with van der Waals surface area (Å²) in [6.07, 6.45) is 1.13. The maximum atomic E-state index is 5.49. The van der Waals surface area contributed by atoms with Crippen LogP contribution in [0.5, 0.6) is 0 Å². The second kappa shape index (κ2) is 2.03. The van der Waals surface area contributed by atoms with E-state index in [0.29, 0.717) is 5.41 Å². The van der Waals surface area contributed by atoms with Crippen LogP contribution in [0.1, 0.15) is 13.3 Å². The van der Waals surface area contributed by atoms with Crippen LogP contribution >= 0.6 is 0 Å². The van der Waals surface area contributed by atoms with Gasteiger partial charge in [-0.2, -0.15) is 0 Å². The van der Waals surface area contributed by atoms with Crippen LogP contribution in [0.2, 0.25) is 0 Å². The molecular weight excluding hydrogens is 102 g/mol. The van der Waals surface area contributed by atoms with Gasteiger partial charge in [-0.15, -0.1) is 0 Å². The smallest absolute Gasteiger partial charge is 0.0532 e. The molecule has 0 saturated carbocycles. The first-order valence-corrected chi connectivity index (χ1v) is 3.05. The molecule has 0 radical (unpaired) electrons. The summed E-state index contributed by atoms with van der Waals surface area (Å²) in [7, 11) is 0. The van der Waals surface area contributed by atoms with E-state index in [9.17, 15) is 0 Å². The molecule has 1 fully saturated rings. The molecule has 2 N–H and O–H groups in total. The van der Waals surface area contributed by atoms with Gasteiger partial charge in [-0.1, -0.05) is 6.92 Å². The largest absolute Gasteiger partial charge is 0.381 e. The van der Waals surface area contributed by atoms with Crippen molar-refractivity contribution in [1.82, 2.24) is 0 Å². The predicted octanol–water partition coefficient (Wildman–Crippen LogP) is 0.372. The van der Waals surface area contributed by atoms with Gasteiger partial charge in [0.1, 0.15) is 0 Å². The van der Waals surface area contributed by atoms with Crippen molar-refractivity contribution in [2.75, 3.05) is 19.8 Å². The van der Waals surface area contributed by atoms with Gasteiger partial charge >= 0.3 is 0 Å². The maximum Gasteiger partial charge on any atom is 0.0532 e. The highest BCUT2D eigenvalue weighted by atomic mass is 16.5. The van der Waals surface area contributed by atoms with Crippen LogP contribution < -0.4 is 5.73 Å². The molecule has 0 aromatic rings. The minimum Gasteiger partial charge on any atom is -0.381 e. The van der Waals surface area contributed by atoms with Gasteiger partial charge in [-0.05, 0) is 13.0 Å².